The Morgan fingerprint density at radius 1 is 1.14 bits per heavy atom. The standard InChI is InChI=1S/C19H28N2O/c1-14(2)15-5-7-16(8-6-15)18-4-3-13-21(18)19(22)17-9-11-20-12-10-17/h5-8,14,17-18,20H,3-4,9-13H2,1-2H3. The van der Waals surface area contributed by atoms with Crippen molar-refractivity contribution in [2.24, 2.45) is 5.92 Å². The Kier molecular flexibility index (Phi) is 4.82. The first-order chi connectivity index (χ1) is 10.7. The molecule has 0 aliphatic carbocycles. The molecule has 0 bridgehead atoms. The second-order valence-electron chi connectivity index (χ2n) is 7.04. The molecule has 0 spiro atoms. The van der Waals surface area contributed by atoms with E-state index in [4.69, 9.17) is 0 Å². The number of benzene rings is 1. The highest BCUT2D eigenvalue weighted by Gasteiger charge is 2.34. The molecule has 2 aliphatic heterocycles. The van der Waals surface area contributed by atoms with E-state index in [-0.39, 0.29) is 5.92 Å². The van der Waals surface area contributed by atoms with Crippen molar-refractivity contribution in [3.63, 3.8) is 0 Å². The zero-order valence-corrected chi connectivity index (χ0v) is 13.8. The lowest BCUT2D eigenvalue weighted by Crippen LogP contribution is -2.40. The summed E-state index contributed by atoms with van der Waals surface area (Å²) in [6, 6.07) is 9.21. The van der Waals surface area contributed by atoms with Crippen molar-refractivity contribution in [1.29, 1.82) is 0 Å². The van der Waals surface area contributed by atoms with Crippen molar-refractivity contribution in [3.05, 3.63) is 35.4 Å². The zero-order chi connectivity index (χ0) is 15.5. The Hall–Kier alpha value is -1.35. The Morgan fingerprint density at radius 3 is 2.45 bits per heavy atom. The van der Waals surface area contributed by atoms with E-state index in [1.807, 2.05) is 0 Å². The number of nitrogens with one attached hydrogen (secondary N) is 1. The Morgan fingerprint density at radius 2 is 1.82 bits per heavy atom. The molecule has 1 aromatic carbocycles. The molecule has 1 aromatic rings. The van der Waals surface area contributed by atoms with Crippen LogP contribution in [0, 0.1) is 5.92 Å². The van der Waals surface area contributed by atoms with Crippen LogP contribution >= 0.6 is 0 Å². The summed E-state index contributed by atoms with van der Waals surface area (Å²) in [7, 11) is 0. The van der Waals surface area contributed by atoms with Gasteiger partial charge in [-0.15, -0.1) is 0 Å². The molecule has 0 radical (unpaired) electrons. The van der Waals surface area contributed by atoms with Crippen LogP contribution in [0.1, 0.15) is 62.6 Å². The second-order valence-corrected chi connectivity index (χ2v) is 7.04. The fraction of sp³-hybridized carbons (Fsp3) is 0.632. The van der Waals surface area contributed by atoms with Gasteiger partial charge in [-0.2, -0.15) is 0 Å². The van der Waals surface area contributed by atoms with E-state index >= 15 is 0 Å². The van der Waals surface area contributed by atoms with Crippen LogP contribution in [0.4, 0.5) is 0 Å². The Bertz CT molecular complexity index is 503. The van der Waals surface area contributed by atoms with Gasteiger partial charge in [0.15, 0.2) is 0 Å². The summed E-state index contributed by atoms with van der Waals surface area (Å²) < 4.78 is 0. The summed E-state index contributed by atoms with van der Waals surface area (Å²) in [5.74, 6) is 1.18. The number of carbonyl (C=O) groups is 1. The molecule has 0 saturated carbocycles. The molecule has 1 unspecified atom stereocenters. The minimum absolute atomic E-state index is 0.233. The third-order valence-electron chi connectivity index (χ3n) is 5.21. The summed E-state index contributed by atoms with van der Waals surface area (Å²) in [5.41, 5.74) is 2.68. The van der Waals surface area contributed by atoms with Crippen LogP contribution in [0.15, 0.2) is 24.3 Å². The van der Waals surface area contributed by atoms with Crippen LogP contribution in [0.2, 0.25) is 0 Å². The molecule has 0 aromatic heterocycles. The normalized spacial score (nSPS) is 23.2. The first-order valence-corrected chi connectivity index (χ1v) is 8.78. The second kappa shape index (κ2) is 6.82. The number of rotatable bonds is 3. The smallest absolute Gasteiger partial charge is 0.226 e. The van der Waals surface area contributed by atoms with Gasteiger partial charge in [0.1, 0.15) is 0 Å². The predicted molar refractivity (Wildman–Crippen MR) is 89.8 cm³/mol. The highest BCUT2D eigenvalue weighted by atomic mass is 16.2. The third kappa shape index (κ3) is 3.19. The van der Waals surface area contributed by atoms with Gasteiger partial charge in [0.05, 0.1) is 6.04 Å². The van der Waals surface area contributed by atoms with Gasteiger partial charge in [-0.3, -0.25) is 4.79 Å². The zero-order valence-electron chi connectivity index (χ0n) is 13.8. The quantitative estimate of drug-likeness (QED) is 0.927. The molecule has 2 aliphatic rings. The molecule has 120 valence electrons. The van der Waals surface area contributed by atoms with E-state index in [1.54, 1.807) is 0 Å². The molecule has 3 heteroatoms. The van der Waals surface area contributed by atoms with Crippen LogP contribution in [-0.2, 0) is 4.79 Å². The van der Waals surface area contributed by atoms with Crippen molar-refractivity contribution in [1.82, 2.24) is 10.2 Å². The molecular weight excluding hydrogens is 272 g/mol. The van der Waals surface area contributed by atoms with E-state index in [2.05, 4.69) is 48.3 Å². The largest absolute Gasteiger partial charge is 0.335 e. The number of hydrogen-bond acceptors (Lipinski definition) is 2. The summed E-state index contributed by atoms with van der Waals surface area (Å²) in [6.45, 7) is 7.34. The fourth-order valence-corrected chi connectivity index (χ4v) is 3.78. The minimum atomic E-state index is 0.233. The van der Waals surface area contributed by atoms with Gasteiger partial charge in [0.25, 0.3) is 0 Å². The lowest BCUT2D eigenvalue weighted by atomic mass is 9.94. The molecule has 3 rings (SSSR count). The maximum atomic E-state index is 12.9. The number of hydrogen-bond donors (Lipinski definition) is 1. The van der Waals surface area contributed by atoms with Crippen LogP contribution in [0.25, 0.3) is 0 Å². The average molecular weight is 300 g/mol. The molecule has 2 fully saturated rings. The molecule has 3 nitrogen and oxygen atoms in total. The maximum absolute atomic E-state index is 12.9. The SMILES string of the molecule is CC(C)c1ccc(C2CCCN2C(=O)C2CCNCC2)cc1. The predicted octanol–water partition coefficient (Wildman–Crippen LogP) is 3.47. The highest BCUT2D eigenvalue weighted by molar-refractivity contribution is 5.79. The molecule has 2 saturated heterocycles. The van der Waals surface area contributed by atoms with Crippen LogP contribution in [0.5, 0.6) is 0 Å². The van der Waals surface area contributed by atoms with Crippen LogP contribution in [0.3, 0.4) is 0 Å². The van der Waals surface area contributed by atoms with Gasteiger partial charge in [0.2, 0.25) is 5.91 Å². The topological polar surface area (TPSA) is 32.3 Å². The summed E-state index contributed by atoms with van der Waals surface area (Å²) in [4.78, 5) is 15.0. The van der Waals surface area contributed by atoms with Gasteiger partial charge in [-0.05, 0) is 55.8 Å². The van der Waals surface area contributed by atoms with E-state index in [0.29, 0.717) is 17.9 Å². The molecule has 1 amide bonds. The third-order valence-corrected chi connectivity index (χ3v) is 5.21. The number of carbonyl (C=O) groups excluding carboxylic acids is 1. The van der Waals surface area contributed by atoms with Gasteiger partial charge < -0.3 is 10.2 Å². The van der Waals surface area contributed by atoms with Gasteiger partial charge in [-0.1, -0.05) is 38.1 Å². The molecule has 22 heavy (non-hydrogen) atoms. The van der Waals surface area contributed by atoms with Crippen molar-refractivity contribution in [2.45, 2.75) is 51.5 Å². The fourth-order valence-electron chi connectivity index (χ4n) is 3.78. The van der Waals surface area contributed by atoms with Crippen molar-refractivity contribution in [3.8, 4) is 0 Å². The lowest BCUT2D eigenvalue weighted by Gasteiger charge is -2.31. The number of piperidine rings is 1. The first-order valence-electron chi connectivity index (χ1n) is 8.78. The average Bonchev–Trinajstić information content (AvgIpc) is 3.04. The number of likely N-dealkylation sites (tertiary alicyclic amines) is 1. The number of amides is 1. The molecule has 2 heterocycles. The van der Waals surface area contributed by atoms with Crippen LogP contribution in [-0.4, -0.2) is 30.4 Å². The van der Waals surface area contributed by atoms with E-state index in [1.165, 1.54) is 11.1 Å². The van der Waals surface area contributed by atoms with Crippen molar-refractivity contribution >= 4 is 5.91 Å². The van der Waals surface area contributed by atoms with Gasteiger partial charge in [-0.25, -0.2) is 0 Å². The highest BCUT2D eigenvalue weighted by Crippen LogP contribution is 2.34. The van der Waals surface area contributed by atoms with Gasteiger partial charge in [0, 0.05) is 12.5 Å². The monoisotopic (exact) mass is 300 g/mol. The van der Waals surface area contributed by atoms with E-state index < -0.39 is 0 Å². The Balaban J connectivity index is 1.73. The minimum Gasteiger partial charge on any atom is -0.335 e. The summed E-state index contributed by atoms with van der Waals surface area (Å²) >= 11 is 0. The van der Waals surface area contributed by atoms with E-state index in [0.717, 1.165) is 45.3 Å². The first kappa shape index (κ1) is 15.5. The Labute approximate surface area is 134 Å². The molecule has 1 atom stereocenters. The summed E-state index contributed by atoms with van der Waals surface area (Å²) in [6.07, 6.45) is 4.23. The van der Waals surface area contributed by atoms with Gasteiger partial charge >= 0.3 is 0 Å². The molecular formula is C19H28N2O. The number of nitrogens with zero attached hydrogens (tertiary/aromatic N) is 1. The maximum Gasteiger partial charge on any atom is 0.226 e. The molecule has 1 N–H and O–H groups in total. The van der Waals surface area contributed by atoms with Crippen molar-refractivity contribution < 1.29 is 4.79 Å². The van der Waals surface area contributed by atoms with E-state index in [9.17, 15) is 4.79 Å². The lowest BCUT2D eigenvalue weighted by molar-refractivity contribution is -0.137. The summed E-state index contributed by atoms with van der Waals surface area (Å²) in [5, 5.41) is 3.35. The van der Waals surface area contributed by atoms with Crippen molar-refractivity contribution in [2.75, 3.05) is 19.6 Å². The van der Waals surface area contributed by atoms with Crippen LogP contribution < -0.4 is 5.32 Å².